The minimum atomic E-state index is -4.41. The van der Waals surface area contributed by atoms with Crippen molar-refractivity contribution < 1.29 is 18.3 Å². The van der Waals surface area contributed by atoms with Gasteiger partial charge in [-0.25, -0.2) is 0 Å². The van der Waals surface area contributed by atoms with Crippen molar-refractivity contribution >= 4 is 0 Å². The highest BCUT2D eigenvalue weighted by Gasteiger charge is 2.35. The molecule has 1 heterocycles. The van der Waals surface area contributed by atoms with E-state index < -0.39 is 23.9 Å². The fourth-order valence-corrected chi connectivity index (χ4v) is 2.66. The van der Waals surface area contributed by atoms with E-state index in [-0.39, 0.29) is 0 Å². The van der Waals surface area contributed by atoms with Crippen LogP contribution in [0.4, 0.5) is 13.2 Å². The molecule has 1 aromatic carbocycles. The van der Waals surface area contributed by atoms with Crippen LogP contribution in [-0.2, 0) is 12.6 Å². The molecular formula is C14H13F3N2O. The summed E-state index contributed by atoms with van der Waals surface area (Å²) in [6, 6.07) is 6.98. The number of fused-ring (bicyclic) bond motifs is 1. The van der Waals surface area contributed by atoms with Crippen molar-refractivity contribution in [3.63, 3.8) is 0 Å². The zero-order chi connectivity index (χ0) is 14.3. The second kappa shape index (κ2) is 4.63. The van der Waals surface area contributed by atoms with Crippen LogP contribution in [0.2, 0.25) is 0 Å². The number of aromatic nitrogens is 2. The fourth-order valence-electron chi connectivity index (χ4n) is 2.66. The van der Waals surface area contributed by atoms with Crippen LogP contribution >= 0.6 is 0 Å². The Morgan fingerprint density at radius 1 is 1.25 bits per heavy atom. The first-order valence-corrected chi connectivity index (χ1v) is 6.34. The maximum atomic E-state index is 12.6. The van der Waals surface area contributed by atoms with Gasteiger partial charge in [0.25, 0.3) is 0 Å². The van der Waals surface area contributed by atoms with Crippen LogP contribution in [-0.4, -0.2) is 14.9 Å². The molecule has 0 saturated heterocycles. The number of aliphatic hydroxyl groups excluding tert-OH is 1. The molecule has 2 aromatic rings. The largest absolute Gasteiger partial charge is 0.419 e. The normalized spacial score (nSPS) is 22.6. The number of aryl methyl sites for hydroxylation is 1. The van der Waals surface area contributed by atoms with E-state index in [0.29, 0.717) is 6.42 Å². The first kappa shape index (κ1) is 13.2. The Morgan fingerprint density at radius 3 is 2.70 bits per heavy atom. The lowest BCUT2D eigenvalue weighted by Gasteiger charge is -2.30. The minimum absolute atomic E-state index is 0.457. The topological polar surface area (TPSA) is 38.0 Å². The quantitative estimate of drug-likeness (QED) is 0.872. The second-order valence-electron chi connectivity index (χ2n) is 4.96. The number of rotatable bonds is 1. The standard InChI is InChI=1S/C14H13F3N2O/c15-14(16,17)10-7-18-19(8-10)12-6-5-9-3-1-2-4-11(9)13(12)20/h1-4,7-8,12-13,20H,5-6H2. The van der Waals surface area contributed by atoms with Crippen LogP contribution in [0.15, 0.2) is 36.7 Å². The third-order valence-corrected chi connectivity index (χ3v) is 3.72. The third-order valence-electron chi connectivity index (χ3n) is 3.72. The van der Waals surface area contributed by atoms with Crippen molar-refractivity contribution in [2.45, 2.75) is 31.2 Å². The van der Waals surface area contributed by atoms with Crippen molar-refractivity contribution in [3.05, 3.63) is 53.3 Å². The van der Waals surface area contributed by atoms with Crippen LogP contribution in [0.25, 0.3) is 0 Å². The van der Waals surface area contributed by atoms with Gasteiger partial charge in [-0.2, -0.15) is 18.3 Å². The van der Waals surface area contributed by atoms with Gasteiger partial charge in [-0.15, -0.1) is 0 Å². The number of aliphatic hydroxyl groups is 1. The van der Waals surface area contributed by atoms with Gasteiger partial charge in [0.05, 0.1) is 17.8 Å². The van der Waals surface area contributed by atoms with Crippen molar-refractivity contribution in [1.82, 2.24) is 9.78 Å². The zero-order valence-corrected chi connectivity index (χ0v) is 10.5. The summed E-state index contributed by atoms with van der Waals surface area (Å²) in [4.78, 5) is 0. The molecule has 1 aliphatic rings. The lowest BCUT2D eigenvalue weighted by Crippen LogP contribution is -2.24. The van der Waals surface area contributed by atoms with Crippen molar-refractivity contribution in [2.24, 2.45) is 0 Å². The van der Waals surface area contributed by atoms with E-state index in [9.17, 15) is 18.3 Å². The predicted molar refractivity (Wildman–Crippen MR) is 66.0 cm³/mol. The minimum Gasteiger partial charge on any atom is -0.386 e. The summed E-state index contributed by atoms with van der Waals surface area (Å²) < 4.78 is 39.0. The maximum Gasteiger partial charge on any atom is 0.419 e. The molecule has 1 aromatic heterocycles. The molecular weight excluding hydrogens is 269 g/mol. The Morgan fingerprint density at radius 2 is 2.00 bits per heavy atom. The molecule has 2 atom stereocenters. The molecule has 3 rings (SSSR count). The summed E-state index contributed by atoms with van der Waals surface area (Å²) >= 11 is 0. The molecule has 2 unspecified atom stereocenters. The SMILES string of the molecule is OC1c2ccccc2CCC1n1cc(C(F)(F)F)cn1. The van der Waals surface area contributed by atoms with Crippen LogP contribution in [0.5, 0.6) is 0 Å². The molecule has 1 aliphatic carbocycles. The van der Waals surface area contributed by atoms with Crippen molar-refractivity contribution in [1.29, 1.82) is 0 Å². The Kier molecular flexibility index (Phi) is 3.05. The van der Waals surface area contributed by atoms with Crippen LogP contribution in [0.3, 0.4) is 0 Å². The van der Waals surface area contributed by atoms with Gasteiger partial charge in [-0.05, 0) is 24.0 Å². The molecule has 20 heavy (non-hydrogen) atoms. The van der Waals surface area contributed by atoms with Crippen LogP contribution < -0.4 is 0 Å². The predicted octanol–water partition coefficient (Wildman–Crippen LogP) is 3.12. The van der Waals surface area contributed by atoms with Crippen LogP contribution in [0, 0.1) is 0 Å². The first-order chi connectivity index (χ1) is 9.47. The maximum absolute atomic E-state index is 12.6. The second-order valence-corrected chi connectivity index (χ2v) is 4.96. The Hall–Kier alpha value is -1.82. The summed E-state index contributed by atoms with van der Waals surface area (Å²) in [6.07, 6.45) is -2.19. The van der Waals surface area contributed by atoms with E-state index in [1.807, 2.05) is 18.2 Å². The van der Waals surface area contributed by atoms with E-state index in [4.69, 9.17) is 0 Å². The number of hydrogen-bond donors (Lipinski definition) is 1. The lowest BCUT2D eigenvalue weighted by atomic mass is 9.86. The summed E-state index contributed by atoms with van der Waals surface area (Å²) in [5.74, 6) is 0. The van der Waals surface area contributed by atoms with Crippen LogP contribution in [0.1, 0.15) is 35.3 Å². The van der Waals surface area contributed by atoms with Gasteiger partial charge in [0.2, 0.25) is 0 Å². The fraction of sp³-hybridized carbons (Fsp3) is 0.357. The molecule has 1 N–H and O–H groups in total. The molecule has 0 radical (unpaired) electrons. The highest BCUT2D eigenvalue weighted by molar-refractivity contribution is 5.32. The molecule has 0 amide bonds. The van der Waals surface area contributed by atoms with E-state index in [0.717, 1.165) is 29.9 Å². The van der Waals surface area contributed by atoms with Gasteiger partial charge in [-0.3, -0.25) is 4.68 Å². The Labute approximate surface area is 113 Å². The average Bonchev–Trinajstić information content (AvgIpc) is 2.89. The average molecular weight is 282 g/mol. The molecule has 0 fully saturated rings. The number of hydrogen-bond acceptors (Lipinski definition) is 2. The highest BCUT2D eigenvalue weighted by atomic mass is 19.4. The summed E-state index contributed by atoms with van der Waals surface area (Å²) in [7, 11) is 0. The number of halogens is 3. The molecule has 0 spiro atoms. The highest BCUT2D eigenvalue weighted by Crippen LogP contribution is 2.38. The lowest BCUT2D eigenvalue weighted by molar-refractivity contribution is -0.137. The first-order valence-electron chi connectivity index (χ1n) is 6.34. The number of benzene rings is 1. The molecule has 3 nitrogen and oxygen atoms in total. The van der Waals surface area contributed by atoms with Crippen molar-refractivity contribution in [2.75, 3.05) is 0 Å². The number of alkyl halides is 3. The third kappa shape index (κ3) is 2.20. The monoisotopic (exact) mass is 282 g/mol. The zero-order valence-electron chi connectivity index (χ0n) is 10.5. The van der Waals surface area contributed by atoms with E-state index in [2.05, 4.69) is 5.10 Å². The Bertz CT molecular complexity index is 621. The molecule has 0 saturated carbocycles. The molecule has 0 aliphatic heterocycles. The van der Waals surface area contributed by atoms with Gasteiger partial charge >= 0.3 is 6.18 Å². The van der Waals surface area contributed by atoms with Gasteiger partial charge < -0.3 is 5.11 Å². The summed E-state index contributed by atoms with van der Waals surface area (Å²) in [5, 5.41) is 14.1. The molecule has 6 heteroatoms. The molecule has 106 valence electrons. The summed E-state index contributed by atoms with van der Waals surface area (Å²) in [6.45, 7) is 0. The molecule has 0 bridgehead atoms. The summed E-state index contributed by atoms with van der Waals surface area (Å²) in [5.41, 5.74) is 1.02. The number of nitrogens with zero attached hydrogens (tertiary/aromatic N) is 2. The van der Waals surface area contributed by atoms with Gasteiger partial charge in [0, 0.05) is 6.20 Å². The Balaban J connectivity index is 1.91. The van der Waals surface area contributed by atoms with Gasteiger partial charge in [0.1, 0.15) is 6.10 Å². The van der Waals surface area contributed by atoms with Gasteiger partial charge in [0.15, 0.2) is 0 Å². The van der Waals surface area contributed by atoms with Gasteiger partial charge in [-0.1, -0.05) is 24.3 Å². The van der Waals surface area contributed by atoms with Crippen molar-refractivity contribution in [3.8, 4) is 0 Å². The van der Waals surface area contributed by atoms with E-state index in [1.54, 1.807) is 6.07 Å². The van der Waals surface area contributed by atoms with E-state index >= 15 is 0 Å². The van der Waals surface area contributed by atoms with E-state index in [1.165, 1.54) is 4.68 Å². The smallest absolute Gasteiger partial charge is 0.386 e.